The first kappa shape index (κ1) is 19.1. The first-order valence-electron chi connectivity index (χ1n) is 8.05. The fourth-order valence-electron chi connectivity index (χ4n) is 2.65. The molecule has 0 aliphatic carbocycles. The Labute approximate surface area is 148 Å². The lowest BCUT2D eigenvalue weighted by Crippen LogP contribution is -2.30. The average molecular weight is 362 g/mol. The summed E-state index contributed by atoms with van der Waals surface area (Å²) in [5.41, 5.74) is 1.17. The maximum absolute atomic E-state index is 12.6. The van der Waals surface area contributed by atoms with Gasteiger partial charge in [-0.2, -0.15) is 0 Å². The minimum Gasteiger partial charge on any atom is -0.258 e. The summed E-state index contributed by atoms with van der Waals surface area (Å²) in [5, 5.41) is 10.8. The van der Waals surface area contributed by atoms with Crippen LogP contribution in [0.1, 0.15) is 37.4 Å². The van der Waals surface area contributed by atoms with E-state index in [1.54, 1.807) is 6.07 Å². The number of nitro groups is 1. The minimum atomic E-state index is -3.64. The molecule has 0 unspecified atom stereocenters. The van der Waals surface area contributed by atoms with Crippen LogP contribution >= 0.6 is 0 Å². The van der Waals surface area contributed by atoms with E-state index < -0.39 is 14.9 Å². The quantitative estimate of drug-likeness (QED) is 0.571. The van der Waals surface area contributed by atoms with Crippen molar-refractivity contribution in [3.05, 3.63) is 75.8 Å². The Morgan fingerprint density at radius 2 is 1.76 bits per heavy atom. The number of nitro benzene ring substituents is 1. The Balaban J connectivity index is 2.19. The molecule has 7 heteroatoms. The summed E-state index contributed by atoms with van der Waals surface area (Å²) in [6.45, 7) is 4.07. The molecule has 2 rings (SSSR count). The normalized spacial score (nSPS) is 12.9. The largest absolute Gasteiger partial charge is 0.269 e. The number of benzene rings is 2. The number of hydrogen-bond acceptors (Lipinski definition) is 4. The summed E-state index contributed by atoms with van der Waals surface area (Å²) in [6, 6.07) is 14.8. The van der Waals surface area contributed by atoms with Crippen molar-refractivity contribution < 1.29 is 13.3 Å². The summed E-state index contributed by atoms with van der Waals surface area (Å²) < 4.78 is 27.9. The highest BCUT2D eigenvalue weighted by Crippen LogP contribution is 2.23. The third-order valence-corrected chi connectivity index (χ3v) is 5.07. The van der Waals surface area contributed by atoms with Crippen LogP contribution in [0.15, 0.2) is 54.6 Å². The molecule has 0 radical (unpaired) electrons. The predicted octanol–water partition coefficient (Wildman–Crippen LogP) is 3.80. The fraction of sp³-hybridized carbons (Fsp3) is 0.333. The highest BCUT2D eigenvalue weighted by atomic mass is 32.2. The molecular formula is C18H22N2O4S. The van der Waals surface area contributed by atoms with E-state index in [1.807, 2.05) is 44.2 Å². The molecule has 134 valence electrons. The lowest BCUT2D eigenvalue weighted by atomic mass is 9.98. The molecule has 6 nitrogen and oxygen atoms in total. The molecule has 1 N–H and O–H groups in total. The van der Waals surface area contributed by atoms with Gasteiger partial charge in [0.2, 0.25) is 10.0 Å². The second-order valence-electron chi connectivity index (χ2n) is 6.40. The van der Waals surface area contributed by atoms with Crippen LogP contribution in [0.5, 0.6) is 0 Å². The van der Waals surface area contributed by atoms with E-state index in [-0.39, 0.29) is 17.5 Å². The van der Waals surface area contributed by atoms with Gasteiger partial charge in [-0.3, -0.25) is 10.1 Å². The van der Waals surface area contributed by atoms with E-state index in [1.165, 1.54) is 18.2 Å². The third kappa shape index (κ3) is 5.95. The van der Waals surface area contributed by atoms with Gasteiger partial charge >= 0.3 is 0 Å². The molecule has 0 fully saturated rings. The summed E-state index contributed by atoms with van der Waals surface area (Å²) in [5.74, 6) is 0.0153. The Morgan fingerprint density at radius 3 is 2.36 bits per heavy atom. The molecule has 0 amide bonds. The topological polar surface area (TPSA) is 89.3 Å². The molecule has 0 saturated heterocycles. The van der Waals surface area contributed by atoms with Gasteiger partial charge in [-0.1, -0.05) is 56.3 Å². The zero-order chi connectivity index (χ0) is 18.4. The van der Waals surface area contributed by atoms with Crippen molar-refractivity contribution >= 4 is 15.7 Å². The maximum Gasteiger partial charge on any atom is 0.269 e. The molecular weight excluding hydrogens is 340 g/mol. The van der Waals surface area contributed by atoms with Crippen LogP contribution in [0, 0.1) is 16.0 Å². The second-order valence-corrected chi connectivity index (χ2v) is 8.15. The molecule has 0 aliphatic rings. The van der Waals surface area contributed by atoms with Crippen molar-refractivity contribution in [1.29, 1.82) is 0 Å². The van der Waals surface area contributed by atoms with E-state index in [0.717, 1.165) is 5.56 Å². The molecule has 0 heterocycles. The first-order valence-corrected chi connectivity index (χ1v) is 9.70. The van der Waals surface area contributed by atoms with Gasteiger partial charge < -0.3 is 0 Å². The van der Waals surface area contributed by atoms with Crippen molar-refractivity contribution in [2.45, 2.75) is 32.1 Å². The number of hydrogen-bond donors (Lipinski definition) is 1. The van der Waals surface area contributed by atoms with Crippen LogP contribution < -0.4 is 4.72 Å². The van der Waals surface area contributed by atoms with Gasteiger partial charge in [0.25, 0.3) is 5.69 Å². The van der Waals surface area contributed by atoms with E-state index in [0.29, 0.717) is 17.9 Å². The highest BCUT2D eigenvalue weighted by molar-refractivity contribution is 7.88. The Kier molecular flexibility index (Phi) is 6.27. The Bertz CT molecular complexity index is 820. The third-order valence-electron chi connectivity index (χ3n) is 3.71. The van der Waals surface area contributed by atoms with Crippen LogP contribution in [0.2, 0.25) is 0 Å². The van der Waals surface area contributed by atoms with E-state index in [9.17, 15) is 18.5 Å². The number of rotatable bonds is 8. The van der Waals surface area contributed by atoms with Gasteiger partial charge in [-0.15, -0.1) is 0 Å². The van der Waals surface area contributed by atoms with Gasteiger partial charge in [0, 0.05) is 18.2 Å². The van der Waals surface area contributed by atoms with Gasteiger partial charge in [-0.05, 0) is 23.5 Å². The summed E-state index contributed by atoms with van der Waals surface area (Å²) in [6.07, 6.45) is 0.665. The highest BCUT2D eigenvalue weighted by Gasteiger charge is 2.21. The molecule has 2 aromatic rings. The smallest absolute Gasteiger partial charge is 0.258 e. The molecule has 0 bridgehead atoms. The fourth-order valence-corrected chi connectivity index (χ4v) is 4.01. The van der Waals surface area contributed by atoms with Crippen molar-refractivity contribution in [2.24, 2.45) is 5.92 Å². The van der Waals surface area contributed by atoms with Crippen molar-refractivity contribution in [1.82, 2.24) is 4.72 Å². The number of non-ortho nitro benzene ring substituents is 1. The van der Waals surface area contributed by atoms with Crippen LogP contribution in [-0.2, 0) is 15.8 Å². The molecule has 0 saturated carbocycles. The average Bonchev–Trinajstić information content (AvgIpc) is 2.54. The summed E-state index contributed by atoms with van der Waals surface area (Å²) in [7, 11) is -3.64. The van der Waals surface area contributed by atoms with Gasteiger partial charge in [0.1, 0.15) is 0 Å². The van der Waals surface area contributed by atoms with Crippen LogP contribution in [-0.4, -0.2) is 13.3 Å². The maximum atomic E-state index is 12.6. The van der Waals surface area contributed by atoms with Gasteiger partial charge in [-0.25, -0.2) is 13.1 Å². The van der Waals surface area contributed by atoms with E-state index in [4.69, 9.17) is 0 Å². The molecule has 2 aromatic carbocycles. The molecule has 25 heavy (non-hydrogen) atoms. The first-order chi connectivity index (χ1) is 11.8. The van der Waals surface area contributed by atoms with Crippen LogP contribution in [0.25, 0.3) is 0 Å². The second kappa shape index (κ2) is 8.22. The number of nitrogens with one attached hydrogen (secondary N) is 1. The van der Waals surface area contributed by atoms with Gasteiger partial charge in [0.05, 0.1) is 10.7 Å². The number of sulfonamides is 1. The lowest BCUT2D eigenvalue weighted by molar-refractivity contribution is -0.384. The Morgan fingerprint density at radius 1 is 1.08 bits per heavy atom. The van der Waals surface area contributed by atoms with Crippen molar-refractivity contribution in [3.8, 4) is 0 Å². The SMILES string of the molecule is CC(C)C[C@H](NS(=O)(=O)Cc1cccc([N+](=O)[O-])c1)c1ccccc1. The molecule has 0 aliphatic heterocycles. The van der Waals surface area contributed by atoms with Crippen LogP contribution in [0.4, 0.5) is 5.69 Å². The van der Waals surface area contributed by atoms with Crippen molar-refractivity contribution in [2.75, 3.05) is 0 Å². The lowest BCUT2D eigenvalue weighted by Gasteiger charge is -2.21. The number of nitrogens with zero attached hydrogens (tertiary/aromatic N) is 1. The molecule has 0 spiro atoms. The Hall–Kier alpha value is -2.25. The van der Waals surface area contributed by atoms with Gasteiger partial charge in [0.15, 0.2) is 0 Å². The predicted molar refractivity (Wildman–Crippen MR) is 97.5 cm³/mol. The zero-order valence-corrected chi connectivity index (χ0v) is 15.1. The van der Waals surface area contributed by atoms with E-state index >= 15 is 0 Å². The van der Waals surface area contributed by atoms with Crippen LogP contribution in [0.3, 0.4) is 0 Å². The molecule has 0 aromatic heterocycles. The van der Waals surface area contributed by atoms with Crippen molar-refractivity contribution in [3.63, 3.8) is 0 Å². The zero-order valence-electron chi connectivity index (χ0n) is 14.3. The molecule has 1 atom stereocenters. The minimum absolute atomic E-state index is 0.116. The standard InChI is InChI=1S/C18H22N2O4S/c1-14(2)11-18(16-8-4-3-5-9-16)19-25(23,24)13-15-7-6-10-17(12-15)20(21)22/h3-10,12,14,18-19H,11,13H2,1-2H3/t18-/m0/s1. The monoisotopic (exact) mass is 362 g/mol. The van der Waals surface area contributed by atoms with E-state index in [2.05, 4.69) is 4.72 Å². The summed E-state index contributed by atoms with van der Waals surface area (Å²) in [4.78, 5) is 10.3. The summed E-state index contributed by atoms with van der Waals surface area (Å²) >= 11 is 0.